The summed E-state index contributed by atoms with van der Waals surface area (Å²) in [7, 11) is 0. The lowest BCUT2D eigenvalue weighted by molar-refractivity contribution is -0.141. The van der Waals surface area contributed by atoms with Crippen molar-refractivity contribution in [3.63, 3.8) is 0 Å². The van der Waals surface area contributed by atoms with E-state index in [1.165, 1.54) is 29.2 Å². The molecule has 2 aromatic rings. The molecular weight excluding hydrogens is 405 g/mol. The Kier molecular flexibility index (Phi) is 5.95. The van der Waals surface area contributed by atoms with Crippen molar-refractivity contribution in [1.82, 2.24) is 0 Å². The number of carbonyl (C=O) groups excluding carboxylic acids is 2. The van der Waals surface area contributed by atoms with E-state index in [0.717, 1.165) is 12.1 Å². The largest absolute Gasteiger partial charge is 0.484 e. The number of carboxylic acids is 1. The van der Waals surface area contributed by atoms with Gasteiger partial charge in [-0.2, -0.15) is 13.2 Å². The minimum Gasteiger partial charge on any atom is -0.484 e. The highest BCUT2D eigenvalue weighted by Crippen LogP contribution is 2.31. The summed E-state index contributed by atoms with van der Waals surface area (Å²) in [4.78, 5) is 36.3. The first kappa shape index (κ1) is 21.2. The fourth-order valence-corrected chi connectivity index (χ4v) is 2.96. The van der Waals surface area contributed by atoms with Gasteiger partial charge in [0, 0.05) is 24.3 Å². The van der Waals surface area contributed by atoms with Gasteiger partial charge < -0.3 is 20.1 Å². The van der Waals surface area contributed by atoms with Gasteiger partial charge in [0.15, 0.2) is 6.61 Å². The van der Waals surface area contributed by atoms with E-state index in [9.17, 15) is 27.6 Å². The Hall–Kier alpha value is -3.56. The lowest BCUT2D eigenvalue weighted by Crippen LogP contribution is -2.25. The normalized spacial score (nSPS) is 16.4. The van der Waals surface area contributed by atoms with Crippen molar-refractivity contribution in [3.05, 3.63) is 54.1 Å². The van der Waals surface area contributed by atoms with E-state index in [2.05, 4.69) is 5.32 Å². The highest BCUT2D eigenvalue weighted by atomic mass is 19.4. The van der Waals surface area contributed by atoms with Gasteiger partial charge in [-0.3, -0.25) is 14.4 Å². The highest BCUT2D eigenvalue weighted by Gasteiger charge is 2.35. The zero-order chi connectivity index (χ0) is 21.9. The average molecular weight is 422 g/mol. The van der Waals surface area contributed by atoms with E-state index >= 15 is 0 Å². The second kappa shape index (κ2) is 8.44. The summed E-state index contributed by atoms with van der Waals surface area (Å²) in [5, 5.41) is 11.4. The predicted molar refractivity (Wildman–Crippen MR) is 100 cm³/mol. The maximum atomic E-state index is 12.7. The zero-order valence-electron chi connectivity index (χ0n) is 15.5. The summed E-state index contributed by atoms with van der Waals surface area (Å²) in [5.41, 5.74) is -0.378. The molecule has 30 heavy (non-hydrogen) atoms. The van der Waals surface area contributed by atoms with Gasteiger partial charge in [-0.15, -0.1) is 0 Å². The predicted octanol–water partition coefficient (Wildman–Crippen LogP) is 3.16. The number of nitrogens with one attached hydrogen (secondary N) is 1. The Bertz CT molecular complexity index is 960. The molecule has 1 saturated heterocycles. The lowest BCUT2D eigenvalue weighted by Gasteiger charge is -2.16. The minimum atomic E-state index is -4.51. The van der Waals surface area contributed by atoms with Crippen LogP contribution in [0.15, 0.2) is 48.5 Å². The number of rotatable bonds is 6. The fourth-order valence-electron chi connectivity index (χ4n) is 2.96. The summed E-state index contributed by atoms with van der Waals surface area (Å²) in [6, 6.07) is 10.4. The van der Waals surface area contributed by atoms with Crippen LogP contribution < -0.4 is 15.0 Å². The van der Waals surface area contributed by atoms with Crippen LogP contribution in [0.5, 0.6) is 5.75 Å². The third kappa shape index (κ3) is 5.07. The number of amides is 2. The number of alkyl halides is 3. The van der Waals surface area contributed by atoms with Crippen LogP contribution in [0.4, 0.5) is 24.5 Å². The van der Waals surface area contributed by atoms with E-state index in [1.807, 2.05) is 0 Å². The van der Waals surface area contributed by atoms with Gasteiger partial charge in [-0.05, 0) is 42.5 Å². The van der Waals surface area contributed by atoms with Crippen LogP contribution in [-0.2, 0) is 20.6 Å². The van der Waals surface area contributed by atoms with Gasteiger partial charge in [0.05, 0.1) is 11.5 Å². The van der Waals surface area contributed by atoms with Crippen LogP contribution in [-0.4, -0.2) is 36.0 Å². The molecule has 3 rings (SSSR count). The summed E-state index contributed by atoms with van der Waals surface area (Å²) >= 11 is 0. The third-order valence-corrected chi connectivity index (χ3v) is 4.47. The van der Waals surface area contributed by atoms with Crippen molar-refractivity contribution in [3.8, 4) is 5.75 Å². The summed E-state index contributed by atoms with van der Waals surface area (Å²) in [6.07, 6.45) is -4.58. The molecule has 7 nitrogen and oxygen atoms in total. The van der Waals surface area contributed by atoms with Crippen LogP contribution in [0.1, 0.15) is 12.0 Å². The average Bonchev–Trinajstić information content (AvgIpc) is 3.08. The molecule has 158 valence electrons. The Labute approximate surface area is 169 Å². The van der Waals surface area contributed by atoms with Gasteiger partial charge in [-0.25, -0.2) is 0 Å². The van der Waals surface area contributed by atoms with Crippen LogP contribution in [0, 0.1) is 5.92 Å². The minimum absolute atomic E-state index is 0.00527. The monoisotopic (exact) mass is 422 g/mol. The number of ether oxygens (including phenoxy) is 1. The zero-order valence-corrected chi connectivity index (χ0v) is 15.5. The Morgan fingerprint density at radius 3 is 2.47 bits per heavy atom. The van der Waals surface area contributed by atoms with Crippen molar-refractivity contribution >= 4 is 29.2 Å². The maximum absolute atomic E-state index is 12.7. The van der Waals surface area contributed by atoms with Crippen LogP contribution in [0.2, 0.25) is 0 Å². The summed E-state index contributed by atoms with van der Waals surface area (Å²) in [5.74, 6) is -2.42. The second-order valence-corrected chi connectivity index (χ2v) is 6.65. The molecule has 0 bridgehead atoms. The van der Waals surface area contributed by atoms with E-state index < -0.39 is 36.1 Å². The molecule has 1 atom stereocenters. The van der Waals surface area contributed by atoms with Gasteiger partial charge in [0.25, 0.3) is 5.91 Å². The first-order chi connectivity index (χ1) is 14.1. The molecule has 1 heterocycles. The van der Waals surface area contributed by atoms with Crippen molar-refractivity contribution in [2.75, 3.05) is 23.4 Å². The van der Waals surface area contributed by atoms with Crippen molar-refractivity contribution in [2.45, 2.75) is 12.6 Å². The molecule has 0 aromatic heterocycles. The Morgan fingerprint density at radius 1 is 1.17 bits per heavy atom. The van der Waals surface area contributed by atoms with Crippen molar-refractivity contribution < 1.29 is 37.4 Å². The van der Waals surface area contributed by atoms with Crippen molar-refractivity contribution in [1.29, 1.82) is 0 Å². The van der Waals surface area contributed by atoms with Crippen LogP contribution in [0.3, 0.4) is 0 Å². The molecular formula is C20H17F3N2O5. The van der Waals surface area contributed by atoms with Crippen molar-refractivity contribution in [2.24, 2.45) is 5.92 Å². The molecule has 1 fully saturated rings. The Balaban J connectivity index is 1.55. The van der Waals surface area contributed by atoms with Gasteiger partial charge in [0.1, 0.15) is 5.75 Å². The van der Waals surface area contributed by atoms with Gasteiger partial charge in [-0.1, -0.05) is 6.07 Å². The molecule has 1 aliphatic rings. The fraction of sp³-hybridized carbons (Fsp3) is 0.250. The number of benzene rings is 2. The third-order valence-electron chi connectivity index (χ3n) is 4.47. The lowest BCUT2D eigenvalue weighted by atomic mass is 10.1. The Morgan fingerprint density at radius 2 is 1.87 bits per heavy atom. The number of hydrogen-bond acceptors (Lipinski definition) is 4. The van der Waals surface area contributed by atoms with Crippen LogP contribution >= 0.6 is 0 Å². The number of halogens is 3. The molecule has 0 saturated carbocycles. The molecule has 10 heteroatoms. The highest BCUT2D eigenvalue weighted by molar-refractivity contribution is 5.99. The van der Waals surface area contributed by atoms with E-state index in [1.54, 1.807) is 12.1 Å². The molecule has 0 aliphatic carbocycles. The smallest absolute Gasteiger partial charge is 0.416 e. The molecule has 2 aromatic carbocycles. The number of nitrogens with zero attached hydrogens (tertiary/aromatic N) is 1. The number of anilines is 2. The number of aliphatic carboxylic acids is 1. The molecule has 0 radical (unpaired) electrons. The maximum Gasteiger partial charge on any atom is 0.416 e. The molecule has 0 spiro atoms. The standard InChI is InChI=1S/C20H17F3N2O5/c21-20(22,23)13-2-1-3-14(9-13)24-17(26)11-30-16-6-4-15(5-7-16)25-10-12(19(28)29)8-18(25)27/h1-7,9,12H,8,10-11H2,(H,24,26)(H,28,29)/t12-/m0/s1. The molecule has 2 N–H and O–H groups in total. The van der Waals surface area contributed by atoms with E-state index in [4.69, 9.17) is 9.84 Å². The number of carbonyl (C=O) groups is 3. The summed E-state index contributed by atoms with van der Waals surface area (Å²) < 4.78 is 43.4. The first-order valence-electron chi connectivity index (χ1n) is 8.86. The molecule has 1 aliphatic heterocycles. The van der Waals surface area contributed by atoms with Crippen LogP contribution in [0.25, 0.3) is 0 Å². The quantitative estimate of drug-likeness (QED) is 0.746. The SMILES string of the molecule is O=C(COc1ccc(N2C[C@@H](C(=O)O)CC2=O)cc1)Nc1cccc(C(F)(F)F)c1. The van der Waals surface area contributed by atoms with E-state index in [0.29, 0.717) is 11.4 Å². The molecule has 2 amide bonds. The summed E-state index contributed by atoms with van der Waals surface area (Å²) in [6.45, 7) is -0.354. The molecule has 0 unspecified atom stereocenters. The first-order valence-corrected chi connectivity index (χ1v) is 8.86. The second-order valence-electron chi connectivity index (χ2n) is 6.65. The van der Waals surface area contributed by atoms with Gasteiger partial charge >= 0.3 is 12.1 Å². The van der Waals surface area contributed by atoms with E-state index in [-0.39, 0.29) is 24.6 Å². The number of hydrogen-bond donors (Lipinski definition) is 2. The number of carboxylic acid groups (broad SMARTS) is 1. The topological polar surface area (TPSA) is 95.9 Å². The van der Waals surface area contributed by atoms with Gasteiger partial charge in [0.2, 0.25) is 5.91 Å².